The van der Waals surface area contributed by atoms with Crippen LogP contribution in [0.25, 0.3) is 0 Å². The summed E-state index contributed by atoms with van der Waals surface area (Å²) in [7, 11) is 0. The minimum atomic E-state index is -0.891. The van der Waals surface area contributed by atoms with Gasteiger partial charge in [-0.1, -0.05) is 6.07 Å². The van der Waals surface area contributed by atoms with E-state index in [0.29, 0.717) is 5.56 Å². The molecule has 4 heteroatoms. The first-order valence-corrected chi connectivity index (χ1v) is 4.85. The zero-order chi connectivity index (χ0) is 10.1. The highest BCUT2D eigenvalue weighted by molar-refractivity contribution is 6.20. The van der Waals surface area contributed by atoms with E-state index in [1.807, 2.05) is 0 Å². The fourth-order valence-electron chi connectivity index (χ4n) is 1.65. The summed E-state index contributed by atoms with van der Waals surface area (Å²) in [6, 6.07) is 5.07. The Morgan fingerprint density at radius 1 is 1.57 bits per heavy atom. The molecular weight excluding hydrogens is 202 g/mol. The molecule has 2 rings (SSSR count). The maximum atomic E-state index is 10.7. The van der Waals surface area contributed by atoms with Gasteiger partial charge in [-0.05, 0) is 29.7 Å². The number of fused-ring (bicyclic) bond motifs is 1. The van der Waals surface area contributed by atoms with Crippen molar-refractivity contribution in [2.75, 3.05) is 6.54 Å². The second kappa shape index (κ2) is 3.59. The van der Waals surface area contributed by atoms with Gasteiger partial charge in [-0.2, -0.15) is 0 Å². The van der Waals surface area contributed by atoms with Crippen molar-refractivity contribution in [1.82, 2.24) is 5.32 Å². The van der Waals surface area contributed by atoms with Crippen LogP contribution in [0.1, 0.15) is 27.0 Å². The Morgan fingerprint density at radius 2 is 2.36 bits per heavy atom. The highest BCUT2D eigenvalue weighted by Crippen LogP contribution is 2.26. The number of alkyl halides is 1. The number of rotatable bonds is 1. The molecule has 74 valence electrons. The molecule has 1 unspecified atom stereocenters. The van der Waals surface area contributed by atoms with Gasteiger partial charge in [0.1, 0.15) is 5.50 Å². The fraction of sp³-hybridized carbons (Fsp3) is 0.300. The van der Waals surface area contributed by atoms with Crippen LogP contribution < -0.4 is 5.32 Å². The molecule has 1 aliphatic heterocycles. The number of halogens is 1. The predicted molar refractivity (Wildman–Crippen MR) is 53.7 cm³/mol. The molecule has 1 atom stereocenters. The van der Waals surface area contributed by atoms with Gasteiger partial charge in [-0.25, -0.2) is 4.79 Å². The standard InChI is InChI=1S/C10H10ClNO2/c11-9-8-2-1-7(10(13)14)5-6(8)3-4-12-9/h1-2,5,9,12H,3-4H2,(H,13,14). The minimum absolute atomic E-state index is 0.193. The number of nitrogens with one attached hydrogen (secondary N) is 1. The lowest BCUT2D eigenvalue weighted by Gasteiger charge is -2.22. The summed E-state index contributed by atoms with van der Waals surface area (Å²) in [5, 5.41) is 11.9. The van der Waals surface area contributed by atoms with Gasteiger partial charge in [0.2, 0.25) is 0 Å². The molecule has 1 aromatic carbocycles. The van der Waals surface area contributed by atoms with E-state index in [1.54, 1.807) is 18.2 Å². The number of benzene rings is 1. The van der Waals surface area contributed by atoms with E-state index >= 15 is 0 Å². The molecule has 1 heterocycles. The van der Waals surface area contributed by atoms with E-state index in [2.05, 4.69) is 5.32 Å². The van der Waals surface area contributed by atoms with Crippen molar-refractivity contribution < 1.29 is 9.90 Å². The summed E-state index contributed by atoms with van der Waals surface area (Å²) >= 11 is 6.02. The van der Waals surface area contributed by atoms with Crippen LogP contribution in [0.15, 0.2) is 18.2 Å². The highest BCUT2D eigenvalue weighted by atomic mass is 35.5. The Bertz CT molecular complexity index is 378. The molecular formula is C10H10ClNO2. The monoisotopic (exact) mass is 211 g/mol. The van der Waals surface area contributed by atoms with Crippen molar-refractivity contribution in [3.05, 3.63) is 34.9 Å². The van der Waals surface area contributed by atoms with Crippen molar-refractivity contribution in [2.45, 2.75) is 11.9 Å². The summed E-state index contributed by atoms with van der Waals surface area (Å²) < 4.78 is 0. The predicted octanol–water partition coefficient (Wildman–Crippen LogP) is 1.77. The molecule has 0 saturated carbocycles. The van der Waals surface area contributed by atoms with Crippen LogP contribution in [-0.2, 0) is 6.42 Å². The normalized spacial score (nSPS) is 20.2. The smallest absolute Gasteiger partial charge is 0.335 e. The molecule has 3 nitrogen and oxygen atoms in total. The first kappa shape index (κ1) is 9.49. The van der Waals surface area contributed by atoms with Crippen LogP contribution in [0.4, 0.5) is 0 Å². The number of hydrogen-bond donors (Lipinski definition) is 2. The Morgan fingerprint density at radius 3 is 3.07 bits per heavy atom. The molecule has 1 aliphatic rings. The van der Waals surface area contributed by atoms with Crippen molar-refractivity contribution >= 4 is 17.6 Å². The first-order valence-electron chi connectivity index (χ1n) is 4.42. The van der Waals surface area contributed by atoms with E-state index in [-0.39, 0.29) is 5.50 Å². The third-order valence-electron chi connectivity index (χ3n) is 2.38. The Hall–Kier alpha value is -1.06. The molecule has 0 spiro atoms. The maximum Gasteiger partial charge on any atom is 0.335 e. The number of carbonyl (C=O) groups is 1. The summed E-state index contributed by atoms with van der Waals surface area (Å²) in [6.07, 6.45) is 0.833. The van der Waals surface area contributed by atoms with Gasteiger partial charge in [0, 0.05) is 6.54 Å². The SMILES string of the molecule is O=C(O)c1ccc2c(c1)CCNC2Cl. The van der Waals surface area contributed by atoms with Crippen molar-refractivity contribution in [3.63, 3.8) is 0 Å². The Balaban J connectivity index is 2.44. The van der Waals surface area contributed by atoms with Gasteiger partial charge < -0.3 is 5.11 Å². The van der Waals surface area contributed by atoms with E-state index in [4.69, 9.17) is 16.7 Å². The van der Waals surface area contributed by atoms with Gasteiger partial charge in [0.15, 0.2) is 0 Å². The molecule has 2 N–H and O–H groups in total. The summed E-state index contributed by atoms with van der Waals surface area (Å²) in [6.45, 7) is 0.796. The summed E-state index contributed by atoms with van der Waals surface area (Å²) in [4.78, 5) is 10.7. The third kappa shape index (κ3) is 1.61. The van der Waals surface area contributed by atoms with Gasteiger partial charge >= 0.3 is 5.97 Å². The van der Waals surface area contributed by atoms with E-state index in [1.165, 1.54) is 0 Å². The van der Waals surface area contributed by atoms with E-state index in [0.717, 1.165) is 24.1 Å². The average Bonchev–Trinajstić information content (AvgIpc) is 2.17. The van der Waals surface area contributed by atoms with Crippen LogP contribution in [0.3, 0.4) is 0 Å². The third-order valence-corrected chi connectivity index (χ3v) is 2.77. The molecule has 0 aliphatic carbocycles. The summed E-state index contributed by atoms with van der Waals surface area (Å²) in [5.41, 5.74) is 2.16. The van der Waals surface area contributed by atoms with Gasteiger partial charge in [-0.3, -0.25) is 5.32 Å². The molecule has 0 aromatic heterocycles. The molecule has 0 saturated heterocycles. The minimum Gasteiger partial charge on any atom is -0.478 e. The molecule has 0 radical (unpaired) electrons. The zero-order valence-corrected chi connectivity index (χ0v) is 8.21. The Labute approximate surface area is 86.7 Å². The second-order valence-corrected chi connectivity index (χ2v) is 3.72. The quantitative estimate of drug-likeness (QED) is 0.550. The molecule has 1 aromatic rings. The number of aromatic carboxylic acids is 1. The van der Waals surface area contributed by atoms with Crippen molar-refractivity contribution in [3.8, 4) is 0 Å². The van der Waals surface area contributed by atoms with E-state index < -0.39 is 5.97 Å². The second-order valence-electron chi connectivity index (χ2n) is 3.29. The Kier molecular flexibility index (Phi) is 2.44. The fourth-order valence-corrected chi connectivity index (χ4v) is 1.97. The number of carboxylic acids is 1. The number of carboxylic acid groups (broad SMARTS) is 1. The molecule has 0 bridgehead atoms. The topological polar surface area (TPSA) is 49.3 Å². The molecule has 0 fully saturated rings. The van der Waals surface area contributed by atoms with Crippen LogP contribution in [0, 0.1) is 0 Å². The molecule has 14 heavy (non-hydrogen) atoms. The van der Waals surface area contributed by atoms with Crippen LogP contribution >= 0.6 is 11.6 Å². The van der Waals surface area contributed by atoms with Gasteiger partial charge in [0.05, 0.1) is 5.56 Å². The van der Waals surface area contributed by atoms with Crippen molar-refractivity contribution in [2.24, 2.45) is 0 Å². The lowest BCUT2D eigenvalue weighted by atomic mass is 9.98. The summed E-state index contributed by atoms with van der Waals surface area (Å²) in [5.74, 6) is -0.891. The van der Waals surface area contributed by atoms with Gasteiger partial charge in [0.25, 0.3) is 0 Å². The number of hydrogen-bond acceptors (Lipinski definition) is 2. The van der Waals surface area contributed by atoms with Crippen LogP contribution in [0.2, 0.25) is 0 Å². The van der Waals surface area contributed by atoms with Crippen molar-refractivity contribution in [1.29, 1.82) is 0 Å². The first-order chi connectivity index (χ1) is 6.68. The lowest BCUT2D eigenvalue weighted by molar-refractivity contribution is 0.0696. The molecule has 0 amide bonds. The maximum absolute atomic E-state index is 10.7. The average molecular weight is 212 g/mol. The largest absolute Gasteiger partial charge is 0.478 e. The van der Waals surface area contributed by atoms with Crippen LogP contribution in [-0.4, -0.2) is 17.6 Å². The zero-order valence-electron chi connectivity index (χ0n) is 7.46. The van der Waals surface area contributed by atoms with E-state index in [9.17, 15) is 4.79 Å². The highest BCUT2D eigenvalue weighted by Gasteiger charge is 2.18. The van der Waals surface area contributed by atoms with Crippen LogP contribution in [0.5, 0.6) is 0 Å². The lowest BCUT2D eigenvalue weighted by Crippen LogP contribution is -2.26. The van der Waals surface area contributed by atoms with Gasteiger partial charge in [-0.15, -0.1) is 11.6 Å².